The second kappa shape index (κ2) is 8.80. The van der Waals surface area contributed by atoms with Crippen LogP contribution in [0, 0.1) is 5.92 Å². The highest BCUT2D eigenvalue weighted by Crippen LogP contribution is 2.33. The third-order valence-electron chi connectivity index (χ3n) is 3.86. The first-order valence-electron chi connectivity index (χ1n) is 7.54. The van der Waals surface area contributed by atoms with Gasteiger partial charge in [0.05, 0.1) is 5.92 Å². The number of halogens is 3. The van der Waals surface area contributed by atoms with Crippen LogP contribution in [0.2, 0.25) is 0 Å². The van der Waals surface area contributed by atoms with Crippen LogP contribution < -0.4 is 5.32 Å². The molecular formula is C14H27F3N2. The van der Waals surface area contributed by atoms with E-state index in [2.05, 4.69) is 17.1 Å². The van der Waals surface area contributed by atoms with E-state index in [1.54, 1.807) is 0 Å². The Labute approximate surface area is 114 Å². The molecule has 1 saturated heterocycles. The van der Waals surface area contributed by atoms with Gasteiger partial charge in [0.1, 0.15) is 0 Å². The van der Waals surface area contributed by atoms with Gasteiger partial charge in [-0.25, -0.2) is 0 Å². The van der Waals surface area contributed by atoms with Gasteiger partial charge in [-0.3, -0.25) is 0 Å². The number of nitrogens with one attached hydrogen (secondary N) is 1. The lowest BCUT2D eigenvalue weighted by Gasteiger charge is -2.32. The molecule has 1 heterocycles. The van der Waals surface area contributed by atoms with Gasteiger partial charge in [-0.1, -0.05) is 26.2 Å². The maximum Gasteiger partial charge on any atom is 0.391 e. The quantitative estimate of drug-likeness (QED) is 0.685. The van der Waals surface area contributed by atoms with E-state index in [-0.39, 0.29) is 12.8 Å². The molecule has 0 aromatic carbocycles. The Bertz CT molecular complexity index is 223. The van der Waals surface area contributed by atoms with Crippen molar-refractivity contribution in [3.8, 4) is 0 Å². The summed E-state index contributed by atoms with van der Waals surface area (Å²) in [5.74, 6) is -1.08. The predicted molar refractivity (Wildman–Crippen MR) is 72.2 cm³/mol. The molecule has 0 atom stereocenters. The lowest BCUT2D eigenvalue weighted by molar-refractivity contribution is -0.184. The van der Waals surface area contributed by atoms with Crippen LogP contribution in [0.4, 0.5) is 13.2 Å². The SMILES string of the molecule is CCCCCCNCCN1CCC(C(F)(F)F)CC1. The minimum Gasteiger partial charge on any atom is -0.315 e. The zero-order valence-corrected chi connectivity index (χ0v) is 11.9. The molecule has 0 spiro atoms. The Hall–Kier alpha value is -0.290. The Morgan fingerprint density at radius 1 is 1.05 bits per heavy atom. The van der Waals surface area contributed by atoms with Crippen molar-refractivity contribution in [1.29, 1.82) is 0 Å². The van der Waals surface area contributed by atoms with E-state index in [1.165, 1.54) is 25.7 Å². The van der Waals surface area contributed by atoms with Crippen molar-refractivity contribution in [2.24, 2.45) is 5.92 Å². The second-order valence-electron chi connectivity index (χ2n) is 5.47. The molecule has 2 nitrogen and oxygen atoms in total. The van der Waals surface area contributed by atoms with E-state index < -0.39 is 12.1 Å². The van der Waals surface area contributed by atoms with Crippen molar-refractivity contribution < 1.29 is 13.2 Å². The third-order valence-corrected chi connectivity index (χ3v) is 3.86. The smallest absolute Gasteiger partial charge is 0.315 e. The molecule has 1 fully saturated rings. The van der Waals surface area contributed by atoms with E-state index in [1.807, 2.05) is 0 Å². The molecule has 1 aliphatic rings. The molecule has 0 aliphatic carbocycles. The summed E-state index contributed by atoms with van der Waals surface area (Å²) < 4.78 is 37.5. The summed E-state index contributed by atoms with van der Waals surface area (Å²) >= 11 is 0. The topological polar surface area (TPSA) is 15.3 Å². The van der Waals surface area contributed by atoms with Gasteiger partial charge in [-0.2, -0.15) is 13.2 Å². The van der Waals surface area contributed by atoms with Crippen molar-refractivity contribution in [2.75, 3.05) is 32.7 Å². The largest absolute Gasteiger partial charge is 0.391 e. The van der Waals surface area contributed by atoms with Crippen LogP contribution in [0.3, 0.4) is 0 Å². The zero-order chi connectivity index (χ0) is 14.1. The summed E-state index contributed by atoms with van der Waals surface area (Å²) in [7, 11) is 0. The molecule has 5 heteroatoms. The van der Waals surface area contributed by atoms with Gasteiger partial charge in [-0.15, -0.1) is 0 Å². The summed E-state index contributed by atoms with van der Waals surface area (Å²) in [6, 6.07) is 0. The molecule has 1 aliphatic heterocycles. The lowest BCUT2D eigenvalue weighted by atomic mass is 9.96. The van der Waals surface area contributed by atoms with Gasteiger partial charge in [-0.05, 0) is 38.9 Å². The van der Waals surface area contributed by atoms with Crippen LogP contribution in [0.15, 0.2) is 0 Å². The predicted octanol–water partition coefficient (Wildman–Crippen LogP) is 3.43. The fourth-order valence-electron chi connectivity index (χ4n) is 2.52. The number of unbranched alkanes of at least 4 members (excludes halogenated alkanes) is 3. The molecule has 0 radical (unpaired) electrons. The summed E-state index contributed by atoms with van der Waals surface area (Å²) in [6.45, 7) is 6.15. The molecule has 0 unspecified atom stereocenters. The molecule has 19 heavy (non-hydrogen) atoms. The monoisotopic (exact) mass is 280 g/mol. The van der Waals surface area contributed by atoms with Gasteiger partial charge >= 0.3 is 6.18 Å². The van der Waals surface area contributed by atoms with Crippen LogP contribution in [-0.4, -0.2) is 43.8 Å². The Balaban J connectivity index is 1.98. The maximum absolute atomic E-state index is 12.5. The first kappa shape index (κ1) is 16.8. The molecule has 1 N–H and O–H groups in total. The van der Waals surface area contributed by atoms with Crippen LogP contribution in [0.5, 0.6) is 0 Å². The summed E-state index contributed by atoms with van der Waals surface area (Å²) in [6.07, 6.45) is 1.52. The molecule has 0 saturated carbocycles. The molecule has 0 aromatic heterocycles. The van der Waals surface area contributed by atoms with Crippen molar-refractivity contribution >= 4 is 0 Å². The van der Waals surface area contributed by atoms with E-state index in [4.69, 9.17) is 0 Å². The van der Waals surface area contributed by atoms with Gasteiger partial charge in [0.25, 0.3) is 0 Å². The van der Waals surface area contributed by atoms with Crippen molar-refractivity contribution in [3.05, 3.63) is 0 Å². The average molecular weight is 280 g/mol. The number of likely N-dealkylation sites (tertiary alicyclic amines) is 1. The van der Waals surface area contributed by atoms with E-state index in [0.717, 1.165) is 19.6 Å². The van der Waals surface area contributed by atoms with E-state index >= 15 is 0 Å². The first-order valence-corrected chi connectivity index (χ1v) is 7.54. The molecule has 0 bridgehead atoms. The lowest BCUT2D eigenvalue weighted by Crippen LogP contribution is -2.41. The summed E-state index contributed by atoms with van der Waals surface area (Å²) in [5.41, 5.74) is 0. The normalized spacial score (nSPS) is 18.9. The number of hydrogen-bond donors (Lipinski definition) is 1. The second-order valence-corrected chi connectivity index (χ2v) is 5.47. The molecule has 0 amide bonds. The fraction of sp³-hybridized carbons (Fsp3) is 1.00. The number of alkyl halides is 3. The molecule has 114 valence electrons. The minimum atomic E-state index is -4.00. The number of hydrogen-bond acceptors (Lipinski definition) is 2. The Morgan fingerprint density at radius 3 is 2.32 bits per heavy atom. The van der Waals surface area contributed by atoms with E-state index in [0.29, 0.717) is 13.1 Å². The highest BCUT2D eigenvalue weighted by Gasteiger charge is 2.40. The highest BCUT2D eigenvalue weighted by molar-refractivity contribution is 4.77. The molecule has 0 aromatic rings. The Kier molecular flexibility index (Phi) is 7.76. The zero-order valence-electron chi connectivity index (χ0n) is 11.9. The highest BCUT2D eigenvalue weighted by atomic mass is 19.4. The Morgan fingerprint density at radius 2 is 1.74 bits per heavy atom. The van der Waals surface area contributed by atoms with Crippen molar-refractivity contribution in [2.45, 2.75) is 51.6 Å². The van der Waals surface area contributed by atoms with Gasteiger partial charge in [0, 0.05) is 13.1 Å². The first-order chi connectivity index (χ1) is 9.04. The minimum absolute atomic E-state index is 0.264. The third kappa shape index (κ3) is 7.16. The van der Waals surface area contributed by atoms with Crippen molar-refractivity contribution in [3.63, 3.8) is 0 Å². The van der Waals surface area contributed by atoms with Gasteiger partial charge in [0.15, 0.2) is 0 Å². The van der Waals surface area contributed by atoms with Crippen LogP contribution in [-0.2, 0) is 0 Å². The summed E-state index contributed by atoms with van der Waals surface area (Å²) in [5, 5.41) is 3.37. The maximum atomic E-state index is 12.5. The van der Waals surface area contributed by atoms with E-state index in [9.17, 15) is 13.2 Å². The number of rotatable bonds is 8. The fourth-order valence-corrected chi connectivity index (χ4v) is 2.52. The van der Waals surface area contributed by atoms with Crippen LogP contribution in [0.25, 0.3) is 0 Å². The number of piperidine rings is 1. The average Bonchev–Trinajstić information content (AvgIpc) is 2.37. The van der Waals surface area contributed by atoms with Crippen LogP contribution in [0.1, 0.15) is 45.4 Å². The van der Waals surface area contributed by atoms with Crippen LogP contribution >= 0.6 is 0 Å². The number of nitrogens with zero attached hydrogens (tertiary/aromatic N) is 1. The molecule has 1 rings (SSSR count). The molecular weight excluding hydrogens is 253 g/mol. The van der Waals surface area contributed by atoms with Gasteiger partial charge < -0.3 is 10.2 Å². The van der Waals surface area contributed by atoms with Crippen molar-refractivity contribution in [1.82, 2.24) is 10.2 Å². The summed E-state index contributed by atoms with van der Waals surface area (Å²) in [4.78, 5) is 2.14. The standard InChI is InChI=1S/C14H27F3N2/c1-2-3-4-5-8-18-9-12-19-10-6-13(7-11-19)14(15,16)17/h13,18H,2-12H2,1H3. The van der Waals surface area contributed by atoms with Gasteiger partial charge in [0.2, 0.25) is 0 Å².